The number of aromatic amines is 1. The second-order valence-electron chi connectivity index (χ2n) is 11.8. The summed E-state index contributed by atoms with van der Waals surface area (Å²) in [6.45, 7) is 9.85. The van der Waals surface area contributed by atoms with Gasteiger partial charge in [-0.15, -0.1) is 10.2 Å². The maximum absolute atomic E-state index is 12.4. The lowest BCUT2D eigenvalue weighted by molar-refractivity contribution is 0.0270. The number of rotatable bonds is 6. The number of nitrogens with one attached hydrogen (secondary N) is 1. The zero-order valence-electron chi connectivity index (χ0n) is 25.3. The van der Waals surface area contributed by atoms with E-state index in [1.54, 1.807) is 12.0 Å². The van der Waals surface area contributed by atoms with Crippen LogP contribution in [0, 0.1) is 0 Å². The molecule has 0 bridgehead atoms. The number of anilines is 1. The molecular formula is C32H37N7O4. The first-order chi connectivity index (χ1) is 20.7. The monoisotopic (exact) mass is 583 g/mol. The number of fused-ring (bicyclic) bond motifs is 3. The molecule has 11 heteroatoms. The van der Waals surface area contributed by atoms with E-state index < -0.39 is 5.60 Å². The van der Waals surface area contributed by atoms with Gasteiger partial charge in [0.2, 0.25) is 0 Å². The van der Waals surface area contributed by atoms with Crippen molar-refractivity contribution in [1.82, 2.24) is 30.0 Å². The van der Waals surface area contributed by atoms with Gasteiger partial charge in [-0.05, 0) is 57.9 Å². The summed E-state index contributed by atoms with van der Waals surface area (Å²) < 4.78 is 16.4. The average Bonchev–Trinajstić information content (AvgIpc) is 3.38. The van der Waals surface area contributed by atoms with Crippen LogP contribution >= 0.6 is 0 Å². The van der Waals surface area contributed by atoms with Crippen LogP contribution in [-0.2, 0) is 15.9 Å². The molecule has 0 saturated carbocycles. The zero-order valence-corrected chi connectivity index (χ0v) is 25.3. The minimum absolute atomic E-state index is 0.0472. The Bertz CT molecular complexity index is 1660. The van der Waals surface area contributed by atoms with Gasteiger partial charge in [0.15, 0.2) is 12.4 Å². The first-order valence-electron chi connectivity index (χ1n) is 14.6. The van der Waals surface area contributed by atoms with Crippen LogP contribution in [0.4, 0.5) is 10.6 Å². The van der Waals surface area contributed by atoms with Crippen molar-refractivity contribution in [2.75, 3.05) is 38.4 Å². The average molecular weight is 584 g/mol. The number of carbonyl (C=O) groups is 1. The molecule has 1 N–H and O–H groups in total. The molecule has 1 amide bonds. The first-order valence-corrected chi connectivity index (χ1v) is 14.6. The number of aromatic nitrogens is 5. The highest BCUT2D eigenvalue weighted by atomic mass is 16.7. The van der Waals surface area contributed by atoms with Gasteiger partial charge in [-0.2, -0.15) is 0 Å². The minimum atomic E-state index is -0.512. The van der Waals surface area contributed by atoms with Crippen LogP contribution < -0.4 is 9.64 Å². The van der Waals surface area contributed by atoms with Crippen molar-refractivity contribution in [3.8, 4) is 17.0 Å². The van der Waals surface area contributed by atoms with Crippen molar-refractivity contribution in [2.45, 2.75) is 52.2 Å². The molecule has 2 aliphatic heterocycles. The van der Waals surface area contributed by atoms with Gasteiger partial charge in [0.05, 0.1) is 29.8 Å². The summed E-state index contributed by atoms with van der Waals surface area (Å²) in [5.74, 6) is 1.52. The standard InChI is InChI=1S/C32H37N7O4/c1-20-29-23-16-25(22-8-6-7-9-27(22)42-19-41-5)36-37-30(23)35-24(29)12-15-39(20)28-18-33-26(17-34-28)21-10-13-38(14-11-21)31(40)43-32(2,3)4/h6-10,16-18,20H,11-15,19H2,1-5H3,(H,35,37)/t20-/m1/s1. The smallest absolute Gasteiger partial charge is 0.410 e. The Labute approximate surface area is 250 Å². The predicted molar refractivity (Wildman–Crippen MR) is 164 cm³/mol. The molecule has 0 radical (unpaired) electrons. The maximum atomic E-state index is 12.4. The van der Waals surface area contributed by atoms with E-state index in [-0.39, 0.29) is 18.9 Å². The van der Waals surface area contributed by atoms with Crippen LogP contribution in [0.5, 0.6) is 5.75 Å². The molecule has 4 aromatic rings. The molecule has 0 unspecified atom stereocenters. The fourth-order valence-electron chi connectivity index (χ4n) is 5.72. The number of H-pyrrole nitrogens is 1. The molecule has 0 fully saturated rings. The SMILES string of the molecule is COCOc1ccccc1-c1cc2c3c([nH]c2nn1)CCN(c1cnc(C2=CCN(C(=O)OC(C)(C)C)CC2)cn1)[C@@H]3C. The highest BCUT2D eigenvalue weighted by Gasteiger charge is 2.30. The van der Waals surface area contributed by atoms with E-state index in [4.69, 9.17) is 24.2 Å². The van der Waals surface area contributed by atoms with Crippen LogP contribution in [0.15, 0.2) is 48.8 Å². The van der Waals surface area contributed by atoms with Crippen molar-refractivity contribution in [1.29, 1.82) is 0 Å². The molecule has 43 heavy (non-hydrogen) atoms. The maximum Gasteiger partial charge on any atom is 0.410 e. The molecule has 0 saturated heterocycles. The highest BCUT2D eigenvalue weighted by molar-refractivity contribution is 5.86. The number of benzene rings is 1. The summed E-state index contributed by atoms with van der Waals surface area (Å²) in [7, 11) is 1.60. The lowest BCUT2D eigenvalue weighted by atomic mass is 9.97. The number of ether oxygens (including phenoxy) is 3. The van der Waals surface area contributed by atoms with Crippen molar-refractivity contribution in [3.05, 3.63) is 65.8 Å². The largest absolute Gasteiger partial charge is 0.467 e. The van der Waals surface area contributed by atoms with E-state index >= 15 is 0 Å². The molecule has 11 nitrogen and oxygen atoms in total. The van der Waals surface area contributed by atoms with Crippen LogP contribution in [0.1, 0.15) is 57.1 Å². The Kier molecular flexibility index (Phi) is 7.74. The minimum Gasteiger partial charge on any atom is -0.467 e. The van der Waals surface area contributed by atoms with E-state index in [9.17, 15) is 4.79 Å². The van der Waals surface area contributed by atoms with Gasteiger partial charge in [-0.1, -0.05) is 18.2 Å². The quantitative estimate of drug-likeness (QED) is 0.292. The summed E-state index contributed by atoms with van der Waals surface area (Å²) in [4.78, 5) is 29.5. The number of para-hydroxylation sites is 1. The summed E-state index contributed by atoms with van der Waals surface area (Å²) in [5, 5.41) is 10.1. The number of carbonyl (C=O) groups excluding carboxylic acids is 1. The first kappa shape index (κ1) is 28.6. The fraction of sp³-hybridized carbons (Fsp3) is 0.406. The fourth-order valence-corrected chi connectivity index (χ4v) is 5.72. The van der Waals surface area contributed by atoms with Gasteiger partial charge in [0.1, 0.15) is 17.2 Å². The molecule has 2 aliphatic rings. The summed E-state index contributed by atoms with van der Waals surface area (Å²) in [5.41, 5.74) is 6.13. The van der Waals surface area contributed by atoms with Crippen molar-refractivity contribution in [2.24, 2.45) is 0 Å². The second-order valence-corrected chi connectivity index (χ2v) is 11.8. The van der Waals surface area contributed by atoms with Crippen LogP contribution in [0.2, 0.25) is 0 Å². The summed E-state index contributed by atoms with van der Waals surface area (Å²) >= 11 is 0. The Balaban J connectivity index is 1.21. The molecule has 224 valence electrons. The van der Waals surface area contributed by atoms with E-state index in [1.807, 2.05) is 63.5 Å². The molecular weight excluding hydrogens is 546 g/mol. The Morgan fingerprint density at radius 2 is 1.91 bits per heavy atom. The lowest BCUT2D eigenvalue weighted by Crippen LogP contribution is -2.39. The predicted octanol–water partition coefficient (Wildman–Crippen LogP) is 5.55. The molecule has 0 spiro atoms. The van der Waals surface area contributed by atoms with Gasteiger partial charge in [-0.25, -0.2) is 9.78 Å². The third-order valence-electron chi connectivity index (χ3n) is 7.78. The Hall–Kier alpha value is -4.51. The number of hydrogen-bond donors (Lipinski definition) is 1. The summed E-state index contributed by atoms with van der Waals surface area (Å²) in [6.07, 6.45) is 6.96. The zero-order chi connectivity index (χ0) is 30.1. The van der Waals surface area contributed by atoms with Crippen LogP contribution in [0.25, 0.3) is 27.9 Å². The molecule has 3 aromatic heterocycles. The lowest BCUT2D eigenvalue weighted by Gasteiger charge is -2.34. The van der Waals surface area contributed by atoms with Crippen LogP contribution in [-0.4, -0.2) is 75.3 Å². The molecule has 1 aromatic carbocycles. The Morgan fingerprint density at radius 3 is 2.63 bits per heavy atom. The number of methoxy groups -OCH3 is 1. The van der Waals surface area contributed by atoms with E-state index in [0.717, 1.165) is 52.3 Å². The Morgan fingerprint density at radius 1 is 1.07 bits per heavy atom. The molecule has 0 aliphatic carbocycles. The third-order valence-corrected chi connectivity index (χ3v) is 7.78. The number of hydrogen-bond acceptors (Lipinski definition) is 9. The van der Waals surface area contributed by atoms with Gasteiger partial charge >= 0.3 is 6.09 Å². The van der Waals surface area contributed by atoms with Crippen LogP contribution in [0.3, 0.4) is 0 Å². The second kappa shape index (κ2) is 11.6. The van der Waals surface area contributed by atoms with Gasteiger partial charge in [0, 0.05) is 55.4 Å². The van der Waals surface area contributed by atoms with Gasteiger partial charge in [-0.3, -0.25) is 4.98 Å². The van der Waals surface area contributed by atoms with Crippen molar-refractivity contribution in [3.63, 3.8) is 0 Å². The number of amides is 1. The normalized spacial score (nSPS) is 17.0. The van der Waals surface area contributed by atoms with Crippen molar-refractivity contribution < 1.29 is 19.0 Å². The molecule has 5 heterocycles. The molecule has 6 rings (SSSR count). The van der Waals surface area contributed by atoms with E-state index in [1.165, 1.54) is 11.3 Å². The number of nitrogens with zero attached hydrogens (tertiary/aromatic N) is 6. The third kappa shape index (κ3) is 5.90. The van der Waals surface area contributed by atoms with Gasteiger partial charge in [0.25, 0.3) is 0 Å². The van der Waals surface area contributed by atoms with E-state index in [0.29, 0.717) is 25.3 Å². The van der Waals surface area contributed by atoms with Gasteiger partial charge < -0.3 is 29.0 Å². The van der Waals surface area contributed by atoms with Crippen molar-refractivity contribution >= 4 is 28.5 Å². The highest BCUT2D eigenvalue weighted by Crippen LogP contribution is 2.39. The van der Waals surface area contributed by atoms with E-state index in [2.05, 4.69) is 33.1 Å². The molecule has 1 atom stereocenters. The summed E-state index contributed by atoms with van der Waals surface area (Å²) in [6, 6.07) is 9.89. The topological polar surface area (TPSA) is 119 Å².